The normalized spacial score (nSPS) is 10.0. The fourth-order valence-corrected chi connectivity index (χ4v) is 3.17. The number of aryl methyl sites for hydroxylation is 1. The average molecular weight is 491 g/mol. The molecule has 4 N–H and O–H groups in total. The van der Waals surface area contributed by atoms with Gasteiger partial charge in [-0.15, -0.1) is 0 Å². The summed E-state index contributed by atoms with van der Waals surface area (Å²) in [6.07, 6.45) is 0. The smallest absolute Gasteiger partial charge is 0.337 e. The number of amides is 3. The maximum absolute atomic E-state index is 12.4. The number of hydrogen-bond acceptors (Lipinski definition) is 6. The zero-order valence-electron chi connectivity index (χ0n) is 18.9. The molecule has 3 aromatic rings. The molecule has 35 heavy (non-hydrogen) atoms. The molecule has 0 saturated carbocycles. The molecule has 0 saturated heterocycles. The Hall–Kier alpha value is -4.57. The van der Waals surface area contributed by atoms with Crippen molar-refractivity contribution in [3.05, 3.63) is 101 Å². The van der Waals surface area contributed by atoms with E-state index in [0.717, 1.165) is 5.56 Å². The van der Waals surface area contributed by atoms with Crippen molar-refractivity contribution in [3.8, 4) is 0 Å². The lowest BCUT2D eigenvalue weighted by Crippen LogP contribution is -2.48. The first kappa shape index (κ1) is 25.1. The van der Waals surface area contributed by atoms with Gasteiger partial charge in [0, 0.05) is 22.4 Å². The van der Waals surface area contributed by atoms with Gasteiger partial charge in [-0.25, -0.2) is 4.79 Å². The molecule has 0 fully saturated rings. The summed E-state index contributed by atoms with van der Waals surface area (Å²) in [7, 11) is 1.24. The number of esters is 1. The summed E-state index contributed by atoms with van der Waals surface area (Å²) in [6.45, 7) is 1.85. The summed E-state index contributed by atoms with van der Waals surface area (Å²) in [6, 6.07) is 19.4. The molecule has 3 aromatic carbocycles. The number of rotatable bonds is 5. The molecule has 0 radical (unpaired) electrons. The standard InChI is InChI=1S/C25H22N4O5S/c1-15-6-3-4-9-20(15)23(32)26-19-12-10-16(11-13-19)22(31)28-29-25(35)27-21(30)17-7-5-8-18(14-17)24(33)34-2/h3-14H,1-2H3,(H,26,32)(H,28,31)(H2,27,29,30,35). The Kier molecular flexibility index (Phi) is 8.25. The minimum Gasteiger partial charge on any atom is -0.465 e. The summed E-state index contributed by atoms with van der Waals surface area (Å²) < 4.78 is 4.63. The third kappa shape index (κ3) is 6.71. The van der Waals surface area contributed by atoms with E-state index in [1.54, 1.807) is 24.3 Å². The Morgan fingerprint density at radius 2 is 1.43 bits per heavy atom. The van der Waals surface area contributed by atoms with Crippen molar-refractivity contribution in [1.82, 2.24) is 16.2 Å². The lowest BCUT2D eigenvalue weighted by molar-refractivity contribution is 0.0600. The van der Waals surface area contributed by atoms with Gasteiger partial charge in [0.2, 0.25) is 0 Å². The largest absolute Gasteiger partial charge is 0.465 e. The molecule has 0 spiro atoms. The Labute approximate surface area is 206 Å². The molecule has 0 aliphatic heterocycles. The molecule has 0 aromatic heterocycles. The molecular weight excluding hydrogens is 468 g/mol. The monoisotopic (exact) mass is 490 g/mol. The first-order chi connectivity index (χ1) is 16.8. The second kappa shape index (κ2) is 11.5. The van der Waals surface area contributed by atoms with Crippen molar-refractivity contribution < 1.29 is 23.9 Å². The molecule has 10 heteroatoms. The summed E-state index contributed by atoms with van der Waals surface area (Å²) in [5, 5.41) is 5.04. The number of anilines is 1. The number of methoxy groups -OCH3 is 1. The average Bonchev–Trinajstić information content (AvgIpc) is 2.87. The topological polar surface area (TPSA) is 126 Å². The van der Waals surface area contributed by atoms with Crippen molar-refractivity contribution >= 4 is 46.7 Å². The Morgan fingerprint density at radius 1 is 0.743 bits per heavy atom. The minimum absolute atomic E-state index is 0.145. The van der Waals surface area contributed by atoms with E-state index in [4.69, 9.17) is 12.2 Å². The molecule has 0 heterocycles. The SMILES string of the molecule is COC(=O)c1cccc(C(=O)NC(=S)NNC(=O)c2ccc(NC(=O)c3ccccc3C)cc2)c1. The maximum atomic E-state index is 12.4. The highest BCUT2D eigenvalue weighted by Gasteiger charge is 2.13. The number of carbonyl (C=O) groups excluding carboxylic acids is 4. The number of hydrogen-bond donors (Lipinski definition) is 4. The van der Waals surface area contributed by atoms with Crippen LogP contribution in [-0.2, 0) is 4.74 Å². The van der Waals surface area contributed by atoms with Crippen LogP contribution in [0.25, 0.3) is 0 Å². The Balaban J connectivity index is 1.51. The molecule has 0 unspecified atom stereocenters. The second-order valence-electron chi connectivity index (χ2n) is 7.28. The van der Waals surface area contributed by atoms with Gasteiger partial charge in [-0.3, -0.25) is 30.6 Å². The van der Waals surface area contributed by atoms with E-state index >= 15 is 0 Å². The van der Waals surface area contributed by atoms with Crippen molar-refractivity contribution in [2.24, 2.45) is 0 Å². The summed E-state index contributed by atoms with van der Waals surface area (Å²) in [4.78, 5) is 48.7. The lowest BCUT2D eigenvalue weighted by atomic mass is 10.1. The van der Waals surface area contributed by atoms with Crippen LogP contribution in [0.3, 0.4) is 0 Å². The summed E-state index contributed by atoms with van der Waals surface area (Å²) in [5.74, 6) is -1.91. The van der Waals surface area contributed by atoms with Gasteiger partial charge in [0.1, 0.15) is 0 Å². The second-order valence-corrected chi connectivity index (χ2v) is 7.69. The van der Waals surface area contributed by atoms with Gasteiger partial charge in [-0.1, -0.05) is 24.3 Å². The molecular formula is C25H22N4O5S. The van der Waals surface area contributed by atoms with Crippen LogP contribution in [0.4, 0.5) is 5.69 Å². The van der Waals surface area contributed by atoms with Crippen molar-refractivity contribution in [2.75, 3.05) is 12.4 Å². The summed E-state index contributed by atoms with van der Waals surface area (Å²) in [5.41, 5.74) is 7.46. The van der Waals surface area contributed by atoms with Crippen LogP contribution in [0.2, 0.25) is 0 Å². The van der Waals surface area contributed by atoms with Crippen molar-refractivity contribution in [2.45, 2.75) is 6.92 Å². The van der Waals surface area contributed by atoms with Gasteiger partial charge >= 0.3 is 5.97 Å². The number of benzene rings is 3. The van der Waals surface area contributed by atoms with Gasteiger partial charge in [-0.05, 0) is 73.2 Å². The highest BCUT2D eigenvalue weighted by molar-refractivity contribution is 7.80. The van der Waals surface area contributed by atoms with Crippen LogP contribution in [-0.4, -0.2) is 35.9 Å². The van der Waals surface area contributed by atoms with Gasteiger partial charge in [0.05, 0.1) is 12.7 Å². The van der Waals surface area contributed by atoms with E-state index in [-0.39, 0.29) is 22.1 Å². The third-order valence-electron chi connectivity index (χ3n) is 4.86. The summed E-state index contributed by atoms with van der Waals surface area (Å²) >= 11 is 5.03. The van der Waals surface area contributed by atoms with E-state index in [2.05, 4.69) is 26.2 Å². The fourth-order valence-electron chi connectivity index (χ4n) is 3.03. The number of carbonyl (C=O) groups is 4. The van der Waals surface area contributed by atoms with Crippen molar-refractivity contribution in [1.29, 1.82) is 0 Å². The highest BCUT2D eigenvalue weighted by atomic mass is 32.1. The van der Waals surface area contributed by atoms with Crippen LogP contribution < -0.4 is 21.5 Å². The van der Waals surface area contributed by atoms with Crippen LogP contribution in [0, 0.1) is 6.92 Å². The number of nitrogens with one attached hydrogen (secondary N) is 4. The third-order valence-corrected chi connectivity index (χ3v) is 5.06. The van der Waals surface area contributed by atoms with E-state index in [1.165, 1.54) is 43.5 Å². The molecule has 3 amide bonds. The number of thiocarbonyl (C=S) groups is 1. The molecule has 9 nitrogen and oxygen atoms in total. The zero-order chi connectivity index (χ0) is 25.4. The first-order valence-electron chi connectivity index (χ1n) is 10.4. The molecule has 178 valence electrons. The minimum atomic E-state index is -0.576. The maximum Gasteiger partial charge on any atom is 0.337 e. The fraction of sp³-hybridized carbons (Fsp3) is 0.0800. The quantitative estimate of drug-likeness (QED) is 0.246. The number of ether oxygens (including phenoxy) is 1. The van der Waals surface area contributed by atoms with Gasteiger partial charge in [-0.2, -0.15) is 0 Å². The van der Waals surface area contributed by atoms with Gasteiger partial charge in [0.15, 0.2) is 5.11 Å². The molecule has 0 aliphatic carbocycles. The van der Waals surface area contributed by atoms with Crippen LogP contribution in [0.5, 0.6) is 0 Å². The van der Waals surface area contributed by atoms with Crippen LogP contribution in [0.1, 0.15) is 47.0 Å². The van der Waals surface area contributed by atoms with E-state index in [1.807, 2.05) is 19.1 Å². The Morgan fingerprint density at radius 3 is 2.11 bits per heavy atom. The predicted octanol–water partition coefficient (Wildman–Crippen LogP) is 2.98. The van der Waals surface area contributed by atoms with Crippen molar-refractivity contribution in [3.63, 3.8) is 0 Å². The molecule has 0 bridgehead atoms. The Bertz CT molecular complexity index is 1290. The lowest BCUT2D eigenvalue weighted by Gasteiger charge is -2.12. The molecule has 3 rings (SSSR count). The van der Waals surface area contributed by atoms with Gasteiger partial charge in [0.25, 0.3) is 17.7 Å². The zero-order valence-corrected chi connectivity index (χ0v) is 19.7. The molecule has 0 aliphatic rings. The van der Waals surface area contributed by atoms with Crippen LogP contribution in [0.15, 0.2) is 72.8 Å². The first-order valence-corrected chi connectivity index (χ1v) is 10.8. The van der Waals surface area contributed by atoms with E-state index in [0.29, 0.717) is 16.8 Å². The molecule has 0 atom stereocenters. The number of hydrazine groups is 1. The van der Waals surface area contributed by atoms with Gasteiger partial charge < -0.3 is 10.1 Å². The van der Waals surface area contributed by atoms with E-state index in [9.17, 15) is 19.2 Å². The predicted molar refractivity (Wildman–Crippen MR) is 134 cm³/mol. The highest BCUT2D eigenvalue weighted by Crippen LogP contribution is 2.13. The van der Waals surface area contributed by atoms with E-state index < -0.39 is 17.8 Å². The van der Waals surface area contributed by atoms with Crippen LogP contribution >= 0.6 is 12.2 Å².